The highest BCUT2D eigenvalue weighted by Gasteiger charge is 2.34. The number of rotatable bonds is 2. The minimum Gasteiger partial charge on any atom is -0.356 e. The maximum atomic E-state index is 13.4. The zero-order valence-corrected chi connectivity index (χ0v) is 16.0. The molecule has 0 radical (unpaired) electrons. The van der Waals surface area contributed by atoms with E-state index in [9.17, 15) is 4.79 Å². The van der Waals surface area contributed by atoms with Gasteiger partial charge in [0, 0.05) is 33.7 Å². The van der Waals surface area contributed by atoms with Gasteiger partial charge in [-0.15, -0.1) is 0 Å². The van der Waals surface area contributed by atoms with Crippen LogP contribution in [0.3, 0.4) is 0 Å². The SMILES string of the molecule is O=C(c1ccc(Cl)cc1)N1CCc2c([nH]c3ccccc23)[C@@H]1c1ccccc1. The van der Waals surface area contributed by atoms with Gasteiger partial charge in [-0.05, 0) is 47.9 Å². The number of hydrogen-bond donors (Lipinski definition) is 1. The van der Waals surface area contributed by atoms with Crippen molar-refractivity contribution in [3.63, 3.8) is 0 Å². The van der Waals surface area contributed by atoms with Crippen LogP contribution in [0.15, 0.2) is 78.9 Å². The molecule has 0 aliphatic carbocycles. The van der Waals surface area contributed by atoms with Crippen LogP contribution in [0.1, 0.15) is 33.2 Å². The molecule has 0 saturated carbocycles. The van der Waals surface area contributed by atoms with Crippen LogP contribution in [0.4, 0.5) is 0 Å². The number of nitrogens with zero attached hydrogens (tertiary/aromatic N) is 1. The maximum absolute atomic E-state index is 13.4. The summed E-state index contributed by atoms with van der Waals surface area (Å²) in [4.78, 5) is 19.0. The fourth-order valence-electron chi connectivity index (χ4n) is 4.20. The van der Waals surface area contributed by atoms with E-state index in [1.807, 2.05) is 29.2 Å². The molecule has 5 rings (SSSR count). The van der Waals surface area contributed by atoms with E-state index in [1.54, 1.807) is 24.3 Å². The number of halogens is 1. The summed E-state index contributed by atoms with van der Waals surface area (Å²) in [5.74, 6) is 0.0230. The van der Waals surface area contributed by atoms with Gasteiger partial charge in [0.25, 0.3) is 5.91 Å². The standard InChI is InChI=1S/C24H19ClN2O/c25-18-12-10-17(11-13-18)24(28)27-15-14-20-19-8-4-5-9-21(19)26-22(20)23(27)16-6-2-1-3-7-16/h1-13,23,26H,14-15H2/t23-/m0/s1. The number of nitrogens with one attached hydrogen (secondary N) is 1. The van der Waals surface area contributed by atoms with Crippen LogP contribution in [-0.4, -0.2) is 22.3 Å². The molecular weight excluding hydrogens is 368 g/mol. The highest BCUT2D eigenvalue weighted by Crippen LogP contribution is 2.39. The van der Waals surface area contributed by atoms with Crippen molar-refractivity contribution in [3.05, 3.63) is 106 Å². The van der Waals surface area contributed by atoms with Crippen molar-refractivity contribution in [3.8, 4) is 0 Å². The third kappa shape index (κ3) is 2.79. The molecule has 1 amide bonds. The lowest BCUT2D eigenvalue weighted by molar-refractivity contribution is 0.0692. The first-order valence-electron chi connectivity index (χ1n) is 9.43. The van der Waals surface area contributed by atoms with Crippen molar-refractivity contribution >= 4 is 28.4 Å². The van der Waals surface area contributed by atoms with Gasteiger partial charge in [-0.3, -0.25) is 4.79 Å². The van der Waals surface area contributed by atoms with Crippen LogP contribution in [0.5, 0.6) is 0 Å². The fraction of sp³-hybridized carbons (Fsp3) is 0.125. The van der Waals surface area contributed by atoms with Crippen molar-refractivity contribution in [2.24, 2.45) is 0 Å². The van der Waals surface area contributed by atoms with Gasteiger partial charge >= 0.3 is 0 Å². The van der Waals surface area contributed by atoms with Crippen LogP contribution in [-0.2, 0) is 6.42 Å². The number of carbonyl (C=O) groups excluding carboxylic acids is 1. The summed E-state index contributed by atoms with van der Waals surface area (Å²) >= 11 is 6.01. The summed E-state index contributed by atoms with van der Waals surface area (Å²) in [6.07, 6.45) is 0.835. The number of para-hydroxylation sites is 1. The van der Waals surface area contributed by atoms with Gasteiger partial charge in [-0.25, -0.2) is 0 Å². The molecular formula is C24H19ClN2O. The Morgan fingerprint density at radius 1 is 0.929 bits per heavy atom. The zero-order chi connectivity index (χ0) is 19.1. The minimum atomic E-state index is -0.138. The number of aromatic amines is 1. The van der Waals surface area contributed by atoms with Crippen LogP contribution in [0.25, 0.3) is 10.9 Å². The summed E-state index contributed by atoms with van der Waals surface area (Å²) in [6.45, 7) is 0.676. The second-order valence-electron chi connectivity index (χ2n) is 7.13. The van der Waals surface area contributed by atoms with E-state index in [1.165, 1.54) is 10.9 Å². The third-order valence-electron chi connectivity index (χ3n) is 5.50. The first kappa shape index (κ1) is 17.1. The van der Waals surface area contributed by atoms with E-state index in [0.29, 0.717) is 17.1 Å². The molecule has 4 aromatic rings. The molecule has 3 aromatic carbocycles. The third-order valence-corrected chi connectivity index (χ3v) is 5.75. The normalized spacial score (nSPS) is 16.2. The molecule has 0 unspecified atom stereocenters. The Balaban J connectivity index is 1.65. The first-order chi connectivity index (χ1) is 13.7. The number of aromatic nitrogens is 1. The molecule has 28 heavy (non-hydrogen) atoms. The zero-order valence-electron chi connectivity index (χ0n) is 15.2. The van der Waals surface area contributed by atoms with E-state index in [0.717, 1.165) is 23.2 Å². The van der Waals surface area contributed by atoms with Crippen molar-refractivity contribution < 1.29 is 4.79 Å². The van der Waals surface area contributed by atoms with E-state index in [-0.39, 0.29) is 11.9 Å². The van der Waals surface area contributed by atoms with Crippen molar-refractivity contribution in [2.75, 3.05) is 6.54 Å². The summed E-state index contributed by atoms with van der Waals surface area (Å²) in [6, 6.07) is 25.6. The topological polar surface area (TPSA) is 36.1 Å². The van der Waals surface area contributed by atoms with Gasteiger partial charge in [0.15, 0.2) is 0 Å². The van der Waals surface area contributed by atoms with E-state index in [4.69, 9.17) is 11.6 Å². The van der Waals surface area contributed by atoms with Crippen molar-refractivity contribution in [1.29, 1.82) is 0 Å². The molecule has 1 aliphatic rings. The lowest BCUT2D eigenvalue weighted by atomic mass is 9.92. The van der Waals surface area contributed by atoms with E-state index < -0.39 is 0 Å². The summed E-state index contributed by atoms with van der Waals surface area (Å²) in [7, 11) is 0. The van der Waals surface area contributed by atoms with Crippen molar-refractivity contribution in [1.82, 2.24) is 9.88 Å². The highest BCUT2D eigenvalue weighted by atomic mass is 35.5. The monoisotopic (exact) mass is 386 g/mol. The summed E-state index contributed by atoms with van der Waals surface area (Å²) < 4.78 is 0. The molecule has 4 heteroatoms. The van der Waals surface area contributed by atoms with E-state index in [2.05, 4.69) is 35.3 Å². The smallest absolute Gasteiger partial charge is 0.254 e. The Morgan fingerprint density at radius 3 is 2.43 bits per heavy atom. The molecule has 0 fully saturated rings. The average molecular weight is 387 g/mol. The predicted octanol–water partition coefficient (Wildman–Crippen LogP) is 5.61. The fourth-order valence-corrected chi connectivity index (χ4v) is 4.33. The molecule has 2 heterocycles. The van der Waals surface area contributed by atoms with Gasteiger partial charge in [-0.1, -0.05) is 60.1 Å². The quantitative estimate of drug-likeness (QED) is 0.477. The maximum Gasteiger partial charge on any atom is 0.254 e. The van der Waals surface area contributed by atoms with Gasteiger partial charge in [-0.2, -0.15) is 0 Å². The number of H-pyrrole nitrogens is 1. The summed E-state index contributed by atoms with van der Waals surface area (Å²) in [5, 5.41) is 1.88. The van der Waals surface area contributed by atoms with Crippen LogP contribution < -0.4 is 0 Å². The molecule has 138 valence electrons. The lowest BCUT2D eigenvalue weighted by Crippen LogP contribution is -2.40. The Labute approximate surface area is 168 Å². The molecule has 1 aromatic heterocycles. The number of fused-ring (bicyclic) bond motifs is 3. The Hall–Kier alpha value is -3.04. The molecule has 1 N–H and O–H groups in total. The number of hydrogen-bond acceptors (Lipinski definition) is 1. The second kappa shape index (κ2) is 6.84. The number of amides is 1. The largest absolute Gasteiger partial charge is 0.356 e. The Kier molecular flexibility index (Phi) is 4.18. The van der Waals surface area contributed by atoms with Gasteiger partial charge in [0.2, 0.25) is 0 Å². The predicted molar refractivity (Wildman–Crippen MR) is 113 cm³/mol. The van der Waals surface area contributed by atoms with Crippen LogP contribution >= 0.6 is 11.6 Å². The number of benzene rings is 3. The first-order valence-corrected chi connectivity index (χ1v) is 9.81. The van der Waals surface area contributed by atoms with Gasteiger partial charge in [0.05, 0.1) is 6.04 Å². The molecule has 0 spiro atoms. The summed E-state index contributed by atoms with van der Waals surface area (Å²) in [5.41, 5.74) is 5.31. The Morgan fingerprint density at radius 2 is 1.64 bits per heavy atom. The van der Waals surface area contributed by atoms with Gasteiger partial charge in [0.1, 0.15) is 0 Å². The molecule has 0 bridgehead atoms. The molecule has 1 atom stereocenters. The minimum absolute atomic E-state index is 0.0230. The molecule has 3 nitrogen and oxygen atoms in total. The Bertz CT molecular complexity index is 1150. The highest BCUT2D eigenvalue weighted by molar-refractivity contribution is 6.30. The lowest BCUT2D eigenvalue weighted by Gasteiger charge is -2.36. The number of carbonyl (C=O) groups is 1. The average Bonchev–Trinajstić information content (AvgIpc) is 3.12. The van der Waals surface area contributed by atoms with Crippen molar-refractivity contribution in [2.45, 2.75) is 12.5 Å². The van der Waals surface area contributed by atoms with Crippen LogP contribution in [0.2, 0.25) is 5.02 Å². The van der Waals surface area contributed by atoms with Gasteiger partial charge < -0.3 is 9.88 Å². The van der Waals surface area contributed by atoms with E-state index >= 15 is 0 Å². The van der Waals surface area contributed by atoms with Crippen LogP contribution in [0, 0.1) is 0 Å². The molecule has 1 aliphatic heterocycles. The molecule has 0 saturated heterocycles. The second-order valence-corrected chi connectivity index (χ2v) is 7.57.